The molecule has 0 N–H and O–H groups in total. The number of carbonyl (C=O) groups excluding carboxylic acids is 1. The van der Waals surface area contributed by atoms with Gasteiger partial charge in [-0.1, -0.05) is 40.9 Å². The highest BCUT2D eigenvalue weighted by Crippen LogP contribution is 2.24. The number of imidazole rings is 1. The quantitative estimate of drug-likeness (QED) is 0.803. The van der Waals surface area contributed by atoms with Crippen molar-refractivity contribution in [3.8, 4) is 0 Å². The van der Waals surface area contributed by atoms with E-state index in [9.17, 15) is 4.79 Å². The van der Waals surface area contributed by atoms with Crippen molar-refractivity contribution in [2.75, 3.05) is 0 Å². The molecule has 0 saturated heterocycles. The molecule has 94 valence electrons. The summed E-state index contributed by atoms with van der Waals surface area (Å²) in [6, 6.07) is 5.22. The van der Waals surface area contributed by atoms with E-state index in [0.29, 0.717) is 34.4 Å². The molecule has 0 aliphatic carbocycles. The van der Waals surface area contributed by atoms with Crippen molar-refractivity contribution in [1.82, 2.24) is 9.55 Å². The summed E-state index contributed by atoms with van der Waals surface area (Å²) in [6.45, 7) is 2.21. The van der Waals surface area contributed by atoms with Crippen molar-refractivity contribution >= 4 is 41.1 Å². The molecular weight excluding hydrogens is 295 g/mol. The Morgan fingerprint density at radius 3 is 2.67 bits per heavy atom. The fourth-order valence-electron chi connectivity index (χ4n) is 1.68. The Bertz CT molecular complexity index is 608. The zero-order valence-corrected chi connectivity index (χ0v) is 11.7. The normalized spacial score (nSPS) is 10.7. The summed E-state index contributed by atoms with van der Waals surface area (Å²) in [5.41, 5.74) is 1.20. The summed E-state index contributed by atoms with van der Waals surface area (Å²) in [5.74, 6) is 0.660. The average molecular weight is 304 g/mol. The average Bonchev–Trinajstić information content (AvgIpc) is 2.57. The van der Waals surface area contributed by atoms with Crippen LogP contribution in [0.1, 0.15) is 21.9 Å². The van der Waals surface area contributed by atoms with Crippen LogP contribution in [0.5, 0.6) is 0 Å². The molecule has 0 radical (unpaired) electrons. The molecule has 1 heterocycles. The molecule has 0 amide bonds. The number of hydrogen-bond donors (Lipinski definition) is 0. The van der Waals surface area contributed by atoms with Crippen LogP contribution in [0.3, 0.4) is 0 Å². The lowest BCUT2D eigenvalue weighted by Crippen LogP contribution is -2.06. The van der Waals surface area contributed by atoms with Gasteiger partial charge < -0.3 is 4.57 Å². The molecule has 0 fully saturated rings. The van der Waals surface area contributed by atoms with Gasteiger partial charge in [-0.25, -0.2) is 4.98 Å². The first kappa shape index (κ1) is 13.4. The fraction of sp³-hybridized carbons (Fsp3) is 0.167. The van der Waals surface area contributed by atoms with Crippen molar-refractivity contribution in [3.05, 3.63) is 50.5 Å². The van der Waals surface area contributed by atoms with Crippen LogP contribution in [-0.4, -0.2) is 15.8 Å². The Labute approximate surface area is 119 Å². The molecule has 0 atom stereocenters. The van der Waals surface area contributed by atoms with Crippen LogP contribution < -0.4 is 0 Å². The highest BCUT2D eigenvalue weighted by molar-refractivity contribution is 6.35. The standard InChI is InChI=1S/C12H9Cl3N2O/c1-7-16-12(15)11(6-18)17(7)5-8-2-3-9(13)4-10(8)14/h2-4,6H,5H2,1H3. The Balaban J connectivity index is 2.42. The third-order valence-corrected chi connectivity index (χ3v) is 3.47. The van der Waals surface area contributed by atoms with Crippen LogP contribution in [0.4, 0.5) is 0 Å². The largest absolute Gasteiger partial charge is 0.320 e. The number of hydrogen-bond acceptors (Lipinski definition) is 2. The van der Waals surface area contributed by atoms with Crippen molar-refractivity contribution in [3.63, 3.8) is 0 Å². The molecule has 0 unspecified atom stereocenters. The number of halogens is 3. The third-order valence-electron chi connectivity index (χ3n) is 2.61. The number of carbonyl (C=O) groups is 1. The maximum Gasteiger partial charge on any atom is 0.169 e. The maximum atomic E-state index is 11.0. The van der Waals surface area contributed by atoms with Gasteiger partial charge in [-0.3, -0.25) is 4.79 Å². The Morgan fingerprint density at radius 1 is 1.33 bits per heavy atom. The number of rotatable bonds is 3. The van der Waals surface area contributed by atoms with Crippen molar-refractivity contribution in [2.24, 2.45) is 0 Å². The number of aldehydes is 1. The van der Waals surface area contributed by atoms with Gasteiger partial charge in [0.05, 0.1) is 6.54 Å². The van der Waals surface area contributed by atoms with Gasteiger partial charge in [-0.15, -0.1) is 0 Å². The van der Waals surface area contributed by atoms with E-state index < -0.39 is 0 Å². The second kappa shape index (κ2) is 5.31. The third kappa shape index (κ3) is 2.53. The van der Waals surface area contributed by atoms with E-state index in [4.69, 9.17) is 34.8 Å². The van der Waals surface area contributed by atoms with Crippen LogP contribution in [0.2, 0.25) is 15.2 Å². The van der Waals surface area contributed by atoms with E-state index in [1.165, 1.54) is 0 Å². The van der Waals surface area contributed by atoms with Crippen LogP contribution in [0.15, 0.2) is 18.2 Å². The van der Waals surface area contributed by atoms with Crippen LogP contribution in [0, 0.1) is 6.92 Å². The minimum Gasteiger partial charge on any atom is -0.320 e. The first-order valence-corrected chi connectivity index (χ1v) is 6.28. The molecule has 3 nitrogen and oxygen atoms in total. The summed E-state index contributed by atoms with van der Waals surface area (Å²) in [6.07, 6.45) is 0.687. The summed E-state index contributed by atoms with van der Waals surface area (Å²) < 4.78 is 1.71. The second-order valence-electron chi connectivity index (χ2n) is 3.77. The lowest BCUT2D eigenvalue weighted by molar-refractivity contribution is 0.111. The van der Waals surface area contributed by atoms with Gasteiger partial charge in [0, 0.05) is 10.0 Å². The molecule has 0 saturated carbocycles. The summed E-state index contributed by atoms with van der Waals surface area (Å²) >= 11 is 17.8. The van der Waals surface area contributed by atoms with Gasteiger partial charge in [0.1, 0.15) is 11.5 Å². The van der Waals surface area contributed by atoms with Crippen molar-refractivity contribution in [1.29, 1.82) is 0 Å². The van der Waals surface area contributed by atoms with E-state index in [0.717, 1.165) is 5.56 Å². The molecule has 2 aromatic rings. The van der Waals surface area contributed by atoms with Gasteiger partial charge in [-0.05, 0) is 24.6 Å². The lowest BCUT2D eigenvalue weighted by atomic mass is 10.2. The highest BCUT2D eigenvalue weighted by Gasteiger charge is 2.13. The summed E-state index contributed by atoms with van der Waals surface area (Å²) in [5, 5.41) is 1.32. The highest BCUT2D eigenvalue weighted by atomic mass is 35.5. The minimum absolute atomic E-state index is 0.201. The molecule has 1 aromatic heterocycles. The smallest absolute Gasteiger partial charge is 0.169 e. The van der Waals surface area contributed by atoms with E-state index in [1.807, 2.05) is 6.07 Å². The molecule has 2 rings (SSSR count). The van der Waals surface area contributed by atoms with Gasteiger partial charge in [0.2, 0.25) is 0 Å². The number of benzene rings is 1. The van der Waals surface area contributed by atoms with E-state index >= 15 is 0 Å². The molecular formula is C12H9Cl3N2O. The molecule has 1 aromatic carbocycles. The number of aryl methyl sites for hydroxylation is 1. The number of nitrogens with zero attached hydrogens (tertiary/aromatic N) is 2. The predicted octanol–water partition coefficient (Wildman–Crippen LogP) is 4.01. The van der Waals surface area contributed by atoms with Crippen molar-refractivity contribution in [2.45, 2.75) is 13.5 Å². The SMILES string of the molecule is Cc1nc(Cl)c(C=O)n1Cc1ccc(Cl)cc1Cl. The molecule has 0 spiro atoms. The minimum atomic E-state index is 0.201. The summed E-state index contributed by atoms with van der Waals surface area (Å²) in [4.78, 5) is 15.0. The van der Waals surface area contributed by atoms with Gasteiger partial charge >= 0.3 is 0 Å². The Morgan fingerprint density at radius 2 is 2.06 bits per heavy atom. The first-order chi connectivity index (χ1) is 8.52. The van der Waals surface area contributed by atoms with E-state index in [-0.39, 0.29) is 5.15 Å². The van der Waals surface area contributed by atoms with Crippen LogP contribution >= 0.6 is 34.8 Å². The second-order valence-corrected chi connectivity index (χ2v) is 4.98. The van der Waals surface area contributed by atoms with Gasteiger partial charge in [0.25, 0.3) is 0 Å². The Kier molecular flexibility index (Phi) is 3.95. The molecule has 6 heteroatoms. The van der Waals surface area contributed by atoms with Crippen LogP contribution in [-0.2, 0) is 6.54 Å². The van der Waals surface area contributed by atoms with E-state index in [1.54, 1.807) is 23.6 Å². The fourth-order valence-corrected chi connectivity index (χ4v) is 2.41. The first-order valence-electron chi connectivity index (χ1n) is 5.14. The van der Waals surface area contributed by atoms with E-state index in [2.05, 4.69) is 4.98 Å². The van der Waals surface area contributed by atoms with Gasteiger partial charge in [-0.2, -0.15) is 0 Å². The molecule has 0 aliphatic heterocycles. The zero-order valence-electron chi connectivity index (χ0n) is 9.45. The number of aromatic nitrogens is 2. The molecule has 0 bridgehead atoms. The predicted molar refractivity (Wildman–Crippen MR) is 72.9 cm³/mol. The van der Waals surface area contributed by atoms with Crippen molar-refractivity contribution < 1.29 is 4.79 Å². The topological polar surface area (TPSA) is 34.9 Å². The van der Waals surface area contributed by atoms with Gasteiger partial charge in [0.15, 0.2) is 11.4 Å². The van der Waals surface area contributed by atoms with Crippen LogP contribution in [0.25, 0.3) is 0 Å². The monoisotopic (exact) mass is 302 g/mol. The molecule has 18 heavy (non-hydrogen) atoms. The maximum absolute atomic E-state index is 11.0. The Hall–Kier alpha value is -1.03. The zero-order chi connectivity index (χ0) is 13.3. The molecule has 0 aliphatic rings. The lowest BCUT2D eigenvalue weighted by Gasteiger charge is -2.09. The summed E-state index contributed by atoms with van der Waals surface area (Å²) in [7, 11) is 0.